The fourth-order valence-corrected chi connectivity index (χ4v) is 2.64. The van der Waals surface area contributed by atoms with Crippen molar-refractivity contribution in [2.75, 3.05) is 23.7 Å². The number of halogens is 7. The van der Waals surface area contributed by atoms with Gasteiger partial charge in [0.25, 0.3) is 11.8 Å². The summed E-state index contributed by atoms with van der Waals surface area (Å²) in [5.74, 6) is -5.70. The molecule has 1 aliphatic rings. The number of hydrogen-bond donors (Lipinski definition) is 5. The molecule has 2 aromatic rings. The Bertz CT molecular complexity index is 1180. The maximum Gasteiger partial charge on any atom is 0.490 e. The van der Waals surface area contributed by atoms with E-state index in [0.29, 0.717) is 35.1 Å². The number of alkyl halides is 6. The molecule has 0 fully saturated rings. The molecule has 0 radical (unpaired) electrons. The lowest BCUT2D eigenvalue weighted by Gasteiger charge is -2.16. The van der Waals surface area contributed by atoms with E-state index < -0.39 is 30.2 Å². The van der Waals surface area contributed by atoms with Gasteiger partial charge >= 0.3 is 24.3 Å². The minimum absolute atomic E-state index is 0.212. The van der Waals surface area contributed by atoms with Crippen molar-refractivity contribution in [1.29, 1.82) is 0 Å². The largest absolute Gasteiger partial charge is 0.490 e. The molecule has 17 heteroatoms. The van der Waals surface area contributed by atoms with E-state index in [2.05, 4.69) is 20.9 Å². The van der Waals surface area contributed by atoms with Gasteiger partial charge in [-0.05, 0) is 43.3 Å². The zero-order valence-corrected chi connectivity index (χ0v) is 20.1. The van der Waals surface area contributed by atoms with Gasteiger partial charge in [0, 0.05) is 23.3 Å². The first-order chi connectivity index (χ1) is 18.0. The van der Waals surface area contributed by atoms with E-state index in [4.69, 9.17) is 31.4 Å². The highest BCUT2D eigenvalue weighted by molar-refractivity contribution is 6.31. The van der Waals surface area contributed by atoms with Crippen molar-refractivity contribution in [3.05, 3.63) is 64.8 Å². The van der Waals surface area contributed by atoms with E-state index >= 15 is 0 Å². The predicted octanol–water partition coefficient (Wildman–Crippen LogP) is 4.11. The molecule has 0 unspecified atom stereocenters. The Balaban J connectivity index is 0.000000449. The van der Waals surface area contributed by atoms with Crippen LogP contribution in [-0.4, -0.2) is 64.4 Å². The SMILES string of the molecule is O=C(Nc1ccc(Cl)cc1C(=O)Nc1ccccn1)C1=CCNCC1.O=C(O)C(F)(F)F.O=C(O)C(F)(F)F. The number of aromatic nitrogens is 1. The number of anilines is 2. The van der Waals surface area contributed by atoms with Gasteiger partial charge in [-0.3, -0.25) is 9.59 Å². The van der Waals surface area contributed by atoms with Crippen LogP contribution in [-0.2, 0) is 14.4 Å². The fraction of sp³-hybridized carbons (Fsp3) is 0.227. The van der Waals surface area contributed by atoms with Crippen LogP contribution in [0.1, 0.15) is 16.8 Å². The van der Waals surface area contributed by atoms with Gasteiger partial charge in [-0.2, -0.15) is 26.3 Å². The van der Waals surface area contributed by atoms with Crippen LogP contribution in [0.15, 0.2) is 54.2 Å². The third-order valence-electron chi connectivity index (χ3n) is 4.22. The number of nitrogens with one attached hydrogen (secondary N) is 3. The third kappa shape index (κ3) is 12.3. The standard InChI is InChI=1S/C18H17ClN4O2.2C2HF3O2/c19-13-4-5-15(22-17(24)12-6-9-20-10-7-12)14(11-13)18(25)23-16-3-1-2-8-21-16;2*3-2(4,5)1(6)7/h1-6,8,11,20H,7,9-10H2,(H,22,24)(H,21,23,25);2*(H,6,7). The number of carboxylic acids is 2. The summed E-state index contributed by atoms with van der Waals surface area (Å²) >= 11 is 6.02. The number of carboxylic acid groups (broad SMARTS) is 2. The lowest BCUT2D eigenvalue weighted by Crippen LogP contribution is -2.27. The highest BCUT2D eigenvalue weighted by atomic mass is 35.5. The van der Waals surface area contributed by atoms with E-state index in [1.807, 2.05) is 6.08 Å². The summed E-state index contributed by atoms with van der Waals surface area (Å²) in [4.78, 5) is 46.8. The first kappa shape index (κ1) is 32.8. The summed E-state index contributed by atoms with van der Waals surface area (Å²) in [6.07, 6.45) is -6.09. The van der Waals surface area contributed by atoms with E-state index in [1.54, 1.807) is 36.5 Å². The van der Waals surface area contributed by atoms with E-state index in [0.717, 1.165) is 6.54 Å². The van der Waals surface area contributed by atoms with Crippen LogP contribution in [0.3, 0.4) is 0 Å². The highest BCUT2D eigenvalue weighted by Crippen LogP contribution is 2.23. The maximum atomic E-state index is 12.6. The molecule has 0 aliphatic carbocycles. The molecule has 2 heterocycles. The first-order valence-corrected chi connectivity index (χ1v) is 10.7. The van der Waals surface area contributed by atoms with Crippen LogP contribution in [0.4, 0.5) is 37.8 Å². The van der Waals surface area contributed by atoms with Crippen LogP contribution in [0.5, 0.6) is 0 Å². The van der Waals surface area contributed by atoms with Crippen LogP contribution in [0, 0.1) is 0 Å². The summed E-state index contributed by atoms with van der Waals surface area (Å²) in [6.45, 7) is 1.42. The van der Waals surface area contributed by atoms with Crippen molar-refractivity contribution < 1.29 is 55.7 Å². The summed E-state index contributed by atoms with van der Waals surface area (Å²) in [6, 6.07) is 9.98. The van der Waals surface area contributed by atoms with Crippen molar-refractivity contribution >= 4 is 46.9 Å². The molecule has 39 heavy (non-hydrogen) atoms. The molecule has 0 atom stereocenters. The van der Waals surface area contributed by atoms with Crippen molar-refractivity contribution in [3.8, 4) is 0 Å². The van der Waals surface area contributed by atoms with Crippen molar-refractivity contribution in [1.82, 2.24) is 10.3 Å². The molecule has 1 aliphatic heterocycles. The Kier molecular flexibility index (Phi) is 12.4. The van der Waals surface area contributed by atoms with Crippen molar-refractivity contribution in [2.45, 2.75) is 18.8 Å². The van der Waals surface area contributed by atoms with Gasteiger partial charge in [0.1, 0.15) is 5.82 Å². The number of benzene rings is 1. The monoisotopic (exact) mass is 584 g/mol. The molecule has 0 saturated heterocycles. The minimum atomic E-state index is -5.08. The summed E-state index contributed by atoms with van der Waals surface area (Å²) in [7, 11) is 0. The third-order valence-corrected chi connectivity index (χ3v) is 4.46. The summed E-state index contributed by atoms with van der Waals surface area (Å²) < 4.78 is 63.5. The molecule has 3 rings (SSSR count). The van der Waals surface area contributed by atoms with E-state index in [1.165, 1.54) is 6.07 Å². The van der Waals surface area contributed by atoms with Crippen LogP contribution in [0.2, 0.25) is 5.02 Å². The molecule has 1 aromatic carbocycles. The smallest absolute Gasteiger partial charge is 0.475 e. The molecule has 212 valence electrons. The van der Waals surface area contributed by atoms with Gasteiger partial charge < -0.3 is 26.2 Å². The molecular weight excluding hydrogens is 566 g/mol. The van der Waals surface area contributed by atoms with E-state index in [-0.39, 0.29) is 11.5 Å². The Hall–Kier alpha value is -4.18. The van der Waals surface area contributed by atoms with Crippen LogP contribution in [0.25, 0.3) is 0 Å². The second kappa shape index (κ2) is 14.7. The van der Waals surface area contributed by atoms with Gasteiger partial charge in [-0.15, -0.1) is 0 Å². The second-order valence-electron chi connectivity index (χ2n) is 7.10. The fourth-order valence-electron chi connectivity index (χ4n) is 2.47. The number of nitrogens with zero attached hydrogens (tertiary/aromatic N) is 1. The average molecular weight is 585 g/mol. The van der Waals surface area contributed by atoms with Gasteiger partial charge in [0.05, 0.1) is 11.3 Å². The molecule has 0 saturated carbocycles. The number of amides is 2. The highest BCUT2D eigenvalue weighted by Gasteiger charge is 2.38. The molecule has 1 aromatic heterocycles. The number of hydrogen-bond acceptors (Lipinski definition) is 6. The minimum Gasteiger partial charge on any atom is -0.475 e. The van der Waals surface area contributed by atoms with Gasteiger partial charge in [-0.1, -0.05) is 23.7 Å². The summed E-state index contributed by atoms with van der Waals surface area (Å²) in [5.41, 5.74) is 1.38. The van der Waals surface area contributed by atoms with Gasteiger partial charge in [0.2, 0.25) is 0 Å². The zero-order valence-electron chi connectivity index (χ0n) is 19.4. The van der Waals surface area contributed by atoms with Crippen molar-refractivity contribution in [3.63, 3.8) is 0 Å². The molecule has 2 amide bonds. The molecule has 0 spiro atoms. The normalized spacial score (nSPS) is 12.8. The lowest BCUT2D eigenvalue weighted by atomic mass is 10.1. The number of pyridine rings is 1. The average Bonchev–Trinajstić information content (AvgIpc) is 2.86. The topological polar surface area (TPSA) is 158 Å². The number of carbonyl (C=O) groups excluding carboxylic acids is 2. The molecular formula is C22H19ClF6N4O6. The lowest BCUT2D eigenvalue weighted by molar-refractivity contribution is -0.193. The molecule has 10 nitrogen and oxygen atoms in total. The molecule has 0 bridgehead atoms. The van der Waals surface area contributed by atoms with Crippen LogP contribution < -0.4 is 16.0 Å². The number of aliphatic carboxylic acids is 2. The van der Waals surface area contributed by atoms with Crippen LogP contribution >= 0.6 is 11.6 Å². The Morgan fingerprint density at radius 1 is 0.897 bits per heavy atom. The summed E-state index contributed by atoms with van der Waals surface area (Å²) in [5, 5.41) is 23.3. The number of carbonyl (C=O) groups is 4. The molecule has 5 N–H and O–H groups in total. The maximum absolute atomic E-state index is 12.6. The Labute approximate surface area is 220 Å². The zero-order chi connectivity index (χ0) is 29.8. The predicted molar refractivity (Wildman–Crippen MR) is 125 cm³/mol. The number of rotatable bonds is 4. The Morgan fingerprint density at radius 3 is 1.95 bits per heavy atom. The van der Waals surface area contributed by atoms with Gasteiger partial charge in [-0.25, -0.2) is 14.6 Å². The second-order valence-corrected chi connectivity index (χ2v) is 7.54. The quantitative estimate of drug-likeness (QED) is 0.336. The Morgan fingerprint density at radius 2 is 1.49 bits per heavy atom. The van der Waals surface area contributed by atoms with Crippen molar-refractivity contribution in [2.24, 2.45) is 0 Å². The first-order valence-electron chi connectivity index (χ1n) is 10.4. The van der Waals surface area contributed by atoms with Gasteiger partial charge in [0.15, 0.2) is 0 Å². The van der Waals surface area contributed by atoms with E-state index in [9.17, 15) is 35.9 Å².